The van der Waals surface area contributed by atoms with Crippen LogP contribution >= 0.6 is 0 Å². The van der Waals surface area contributed by atoms with Gasteiger partial charge in [0.05, 0.1) is 17.6 Å². The summed E-state index contributed by atoms with van der Waals surface area (Å²) in [6, 6.07) is 5.68. The van der Waals surface area contributed by atoms with Crippen molar-refractivity contribution < 1.29 is 9.90 Å². The second-order valence-electron chi connectivity index (χ2n) is 5.87. The molecule has 1 saturated carbocycles. The van der Waals surface area contributed by atoms with Crippen LogP contribution in [0.4, 0.5) is 5.82 Å². The number of hydrogen-bond acceptors (Lipinski definition) is 6. The quantitative estimate of drug-likeness (QED) is 0.760. The second-order valence-corrected chi connectivity index (χ2v) is 5.87. The van der Waals surface area contributed by atoms with Gasteiger partial charge in [-0.25, -0.2) is 9.97 Å². The number of hydrogen-bond donors (Lipinski definition) is 2. The summed E-state index contributed by atoms with van der Waals surface area (Å²) in [4.78, 5) is 28.3. The fourth-order valence-corrected chi connectivity index (χ4v) is 2.85. The minimum absolute atomic E-state index is 0.114. The van der Waals surface area contributed by atoms with Crippen molar-refractivity contribution >= 4 is 22.7 Å². The van der Waals surface area contributed by atoms with Gasteiger partial charge < -0.3 is 10.4 Å². The lowest BCUT2D eigenvalue weighted by atomic mass is 9.80. The molecule has 2 N–H and O–H groups in total. The zero-order valence-corrected chi connectivity index (χ0v) is 12.8. The molecule has 0 aliphatic heterocycles. The summed E-state index contributed by atoms with van der Waals surface area (Å²) in [5.74, 6) is 0.303. The van der Waals surface area contributed by atoms with Crippen LogP contribution in [0.2, 0.25) is 0 Å². The van der Waals surface area contributed by atoms with Crippen molar-refractivity contribution in [1.82, 2.24) is 19.9 Å². The molecule has 0 radical (unpaired) electrons. The van der Waals surface area contributed by atoms with Gasteiger partial charge in [0.2, 0.25) is 0 Å². The molecule has 0 amide bonds. The summed E-state index contributed by atoms with van der Waals surface area (Å²) in [6.45, 7) is 0. The molecule has 0 atom stereocenters. The smallest absolute Gasteiger partial charge is 0.306 e. The van der Waals surface area contributed by atoms with Gasteiger partial charge in [-0.05, 0) is 31.0 Å². The van der Waals surface area contributed by atoms with Crippen molar-refractivity contribution in [2.24, 2.45) is 5.92 Å². The summed E-state index contributed by atoms with van der Waals surface area (Å²) in [7, 11) is 0. The predicted molar refractivity (Wildman–Crippen MR) is 88.3 cm³/mol. The molecule has 4 rings (SSSR count). The SMILES string of the molecule is O=C(O)[C@H]1C[C@@H](Nc2nc(-c3ccncc3)nc3cnccc23)C1. The lowest BCUT2D eigenvalue weighted by Gasteiger charge is -2.33. The third-order valence-electron chi connectivity index (χ3n) is 4.27. The number of anilines is 1. The molecule has 0 spiro atoms. The Balaban J connectivity index is 1.70. The normalized spacial score (nSPS) is 19.7. The Morgan fingerprint density at radius 3 is 2.58 bits per heavy atom. The number of aliphatic carboxylic acids is 1. The molecule has 1 aliphatic carbocycles. The Morgan fingerprint density at radius 2 is 1.83 bits per heavy atom. The van der Waals surface area contributed by atoms with E-state index in [0.717, 1.165) is 16.5 Å². The van der Waals surface area contributed by atoms with Gasteiger partial charge in [0.1, 0.15) is 5.82 Å². The molecule has 7 heteroatoms. The van der Waals surface area contributed by atoms with Gasteiger partial charge in [0.25, 0.3) is 0 Å². The van der Waals surface area contributed by atoms with E-state index < -0.39 is 5.97 Å². The molecule has 7 nitrogen and oxygen atoms in total. The third kappa shape index (κ3) is 2.64. The minimum atomic E-state index is -0.734. The van der Waals surface area contributed by atoms with Gasteiger partial charge in [0.15, 0.2) is 5.82 Å². The topological polar surface area (TPSA) is 101 Å². The van der Waals surface area contributed by atoms with Crippen LogP contribution in [0.25, 0.3) is 22.3 Å². The molecule has 3 aromatic rings. The van der Waals surface area contributed by atoms with Crippen molar-refractivity contribution in [3.8, 4) is 11.4 Å². The number of fused-ring (bicyclic) bond motifs is 1. The molecule has 120 valence electrons. The van der Waals surface area contributed by atoms with E-state index in [4.69, 9.17) is 5.11 Å². The second kappa shape index (κ2) is 5.84. The van der Waals surface area contributed by atoms with Crippen LogP contribution in [0, 0.1) is 5.92 Å². The average molecular weight is 321 g/mol. The number of pyridine rings is 2. The largest absolute Gasteiger partial charge is 0.481 e. The summed E-state index contributed by atoms with van der Waals surface area (Å²) in [5.41, 5.74) is 1.62. The lowest BCUT2D eigenvalue weighted by Crippen LogP contribution is -2.39. The Kier molecular flexibility index (Phi) is 3.53. The predicted octanol–water partition coefficient (Wildman–Crippen LogP) is 2.36. The number of nitrogens with one attached hydrogen (secondary N) is 1. The van der Waals surface area contributed by atoms with E-state index in [1.54, 1.807) is 24.8 Å². The standard InChI is InChI=1S/C17H15N5O2/c23-17(24)11-7-12(8-11)20-16-13-3-6-19-9-14(13)21-15(22-16)10-1-4-18-5-2-10/h1-6,9,11-12H,7-8H2,(H,23,24)(H,20,21,22)/t11-,12+. The molecule has 0 saturated heterocycles. The van der Waals surface area contributed by atoms with Crippen LogP contribution in [0.15, 0.2) is 43.0 Å². The Morgan fingerprint density at radius 1 is 1.08 bits per heavy atom. The van der Waals surface area contributed by atoms with Gasteiger partial charge in [-0.3, -0.25) is 14.8 Å². The highest BCUT2D eigenvalue weighted by Crippen LogP contribution is 2.32. The Bertz CT molecular complexity index is 894. The maximum Gasteiger partial charge on any atom is 0.306 e. The zero-order valence-electron chi connectivity index (χ0n) is 12.8. The molecule has 24 heavy (non-hydrogen) atoms. The number of rotatable bonds is 4. The zero-order chi connectivity index (χ0) is 16.5. The summed E-state index contributed by atoms with van der Waals surface area (Å²) in [5, 5.41) is 13.2. The first kappa shape index (κ1) is 14.5. The van der Waals surface area contributed by atoms with Crippen LogP contribution in [0.3, 0.4) is 0 Å². The highest BCUT2D eigenvalue weighted by Gasteiger charge is 2.34. The summed E-state index contributed by atoms with van der Waals surface area (Å²) >= 11 is 0. The van der Waals surface area contributed by atoms with Crippen LogP contribution in [0.1, 0.15) is 12.8 Å². The van der Waals surface area contributed by atoms with Crippen LogP contribution in [-0.2, 0) is 4.79 Å². The maximum absolute atomic E-state index is 11.0. The van der Waals surface area contributed by atoms with Crippen LogP contribution < -0.4 is 5.32 Å². The first-order valence-electron chi connectivity index (χ1n) is 7.72. The van der Waals surface area contributed by atoms with Crippen LogP contribution in [-0.4, -0.2) is 37.1 Å². The van der Waals surface area contributed by atoms with Gasteiger partial charge in [-0.15, -0.1) is 0 Å². The summed E-state index contributed by atoms with van der Waals surface area (Å²) < 4.78 is 0. The maximum atomic E-state index is 11.0. The fraction of sp³-hybridized carbons (Fsp3) is 0.235. The minimum Gasteiger partial charge on any atom is -0.481 e. The van der Waals surface area contributed by atoms with E-state index in [9.17, 15) is 4.79 Å². The monoisotopic (exact) mass is 321 g/mol. The van der Waals surface area contributed by atoms with Crippen molar-refractivity contribution in [3.05, 3.63) is 43.0 Å². The number of nitrogens with zero attached hydrogens (tertiary/aromatic N) is 4. The molecule has 3 heterocycles. The van der Waals surface area contributed by atoms with E-state index in [0.29, 0.717) is 24.5 Å². The van der Waals surface area contributed by atoms with E-state index >= 15 is 0 Å². The molecular weight excluding hydrogens is 306 g/mol. The van der Waals surface area contributed by atoms with Gasteiger partial charge >= 0.3 is 5.97 Å². The molecule has 1 fully saturated rings. The molecule has 3 aromatic heterocycles. The molecule has 0 aromatic carbocycles. The van der Waals surface area contributed by atoms with E-state index in [1.165, 1.54) is 0 Å². The Labute approximate surface area is 137 Å². The number of carbonyl (C=O) groups is 1. The van der Waals surface area contributed by atoms with Crippen molar-refractivity contribution in [2.75, 3.05) is 5.32 Å². The summed E-state index contributed by atoms with van der Waals surface area (Å²) in [6.07, 6.45) is 8.01. The Hall–Kier alpha value is -3.09. The molecular formula is C17H15N5O2. The van der Waals surface area contributed by atoms with E-state index in [-0.39, 0.29) is 12.0 Å². The number of carboxylic acid groups (broad SMARTS) is 1. The van der Waals surface area contributed by atoms with Gasteiger partial charge in [-0.1, -0.05) is 0 Å². The fourth-order valence-electron chi connectivity index (χ4n) is 2.85. The average Bonchev–Trinajstić information content (AvgIpc) is 2.57. The molecule has 0 unspecified atom stereocenters. The highest BCUT2D eigenvalue weighted by molar-refractivity contribution is 5.90. The molecule has 0 bridgehead atoms. The van der Waals surface area contributed by atoms with Crippen molar-refractivity contribution in [3.63, 3.8) is 0 Å². The first-order chi connectivity index (χ1) is 11.7. The third-order valence-corrected chi connectivity index (χ3v) is 4.27. The van der Waals surface area contributed by atoms with E-state index in [1.807, 2.05) is 18.2 Å². The van der Waals surface area contributed by atoms with Gasteiger partial charge in [-0.2, -0.15) is 0 Å². The van der Waals surface area contributed by atoms with Crippen molar-refractivity contribution in [1.29, 1.82) is 0 Å². The van der Waals surface area contributed by atoms with Crippen molar-refractivity contribution in [2.45, 2.75) is 18.9 Å². The molecule has 1 aliphatic rings. The number of aromatic nitrogens is 4. The highest BCUT2D eigenvalue weighted by atomic mass is 16.4. The van der Waals surface area contributed by atoms with Crippen LogP contribution in [0.5, 0.6) is 0 Å². The van der Waals surface area contributed by atoms with Gasteiger partial charge in [0, 0.05) is 35.6 Å². The first-order valence-corrected chi connectivity index (χ1v) is 7.72. The van der Waals surface area contributed by atoms with E-state index in [2.05, 4.69) is 25.3 Å². The number of carboxylic acids is 1. The lowest BCUT2D eigenvalue weighted by molar-refractivity contribution is -0.144.